The van der Waals surface area contributed by atoms with Crippen molar-refractivity contribution >= 4 is 5.91 Å². The van der Waals surface area contributed by atoms with Gasteiger partial charge >= 0.3 is 0 Å². The average Bonchev–Trinajstić information content (AvgIpc) is 2.95. The topological polar surface area (TPSA) is 68.8 Å². The zero-order valence-electron chi connectivity index (χ0n) is 22.2. The highest BCUT2D eigenvalue weighted by Crippen LogP contribution is 2.34. The Balaban J connectivity index is 1.49. The lowest BCUT2D eigenvalue weighted by atomic mass is 10.0. The molecule has 0 saturated carbocycles. The number of benzene rings is 4. The summed E-state index contributed by atoms with van der Waals surface area (Å²) in [5, 5.41) is 6.07. The molecule has 0 saturated heterocycles. The molecule has 6 nitrogen and oxygen atoms in total. The van der Waals surface area contributed by atoms with Gasteiger partial charge in [-0.1, -0.05) is 66.7 Å². The van der Waals surface area contributed by atoms with Gasteiger partial charge in [0, 0.05) is 49.3 Å². The van der Waals surface area contributed by atoms with Gasteiger partial charge in [0.25, 0.3) is 0 Å². The van der Waals surface area contributed by atoms with Crippen molar-refractivity contribution in [3.05, 3.63) is 114 Å². The fourth-order valence-electron chi connectivity index (χ4n) is 4.19. The fraction of sp³-hybridized carbons (Fsp3) is 0.219. The number of ether oxygens (including phenoxy) is 3. The number of methoxy groups -OCH3 is 1. The number of hydrogen-bond donors (Lipinski definition) is 2. The minimum absolute atomic E-state index is 0.0663. The van der Waals surface area contributed by atoms with Crippen molar-refractivity contribution in [1.29, 1.82) is 0 Å². The van der Waals surface area contributed by atoms with Gasteiger partial charge in [0.1, 0.15) is 36.3 Å². The second-order valence-electron chi connectivity index (χ2n) is 9.00. The van der Waals surface area contributed by atoms with E-state index in [4.69, 9.17) is 14.2 Å². The summed E-state index contributed by atoms with van der Waals surface area (Å²) in [6.07, 6.45) is 0. The molecule has 0 spiro atoms. The van der Waals surface area contributed by atoms with E-state index in [1.54, 1.807) is 13.2 Å². The number of para-hydroxylation sites is 1. The van der Waals surface area contributed by atoms with Crippen LogP contribution in [0.3, 0.4) is 0 Å². The Morgan fingerprint density at radius 1 is 0.821 bits per heavy atom. The summed E-state index contributed by atoms with van der Waals surface area (Å²) in [4.78, 5) is 11.1. The maximum absolute atomic E-state index is 13.7. The zero-order valence-corrected chi connectivity index (χ0v) is 22.2. The number of nitrogens with one attached hydrogen (secondary N) is 2. The predicted molar refractivity (Wildman–Crippen MR) is 150 cm³/mol. The Labute approximate surface area is 228 Å². The maximum atomic E-state index is 13.7. The van der Waals surface area contributed by atoms with Gasteiger partial charge in [-0.15, -0.1) is 0 Å². The lowest BCUT2D eigenvalue weighted by Gasteiger charge is -2.17. The second kappa shape index (κ2) is 14.0. The van der Waals surface area contributed by atoms with E-state index in [1.165, 1.54) is 19.1 Å². The van der Waals surface area contributed by atoms with Crippen molar-refractivity contribution in [2.75, 3.05) is 20.2 Å². The molecule has 0 radical (unpaired) electrons. The van der Waals surface area contributed by atoms with Crippen LogP contribution >= 0.6 is 0 Å². The van der Waals surface area contributed by atoms with E-state index in [-0.39, 0.29) is 18.3 Å². The van der Waals surface area contributed by atoms with Crippen LogP contribution in [0.1, 0.15) is 23.6 Å². The molecular weight excluding hydrogens is 495 g/mol. The van der Waals surface area contributed by atoms with E-state index >= 15 is 0 Å². The third-order valence-corrected chi connectivity index (χ3v) is 6.09. The Morgan fingerprint density at radius 3 is 2.41 bits per heavy atom. The van der Waals surface area contributed by atoms with Crippen LogP contribution in [0.2, 0.25) is 0 Å². The fourth-order valence-corrected chi connectivity index (χ4v) is 4.19. The first kappa shape index (κ1) is 27.7. The molecule has 2 N–H and O–H groups in total. The van der Waals surface area contributed by atoms with Gasteiger partial charge in [-0.2, -0.15) is 0 Å². The molecule has 39 heavy (non-hydrogen) atoms. The van der Waals surface area contributed by atoms with Gasteiger partial charge in [-0.3, -0.25) is 4.79 Å². The summed E-state index contributed by atoms with van der Waals surface area (Å²) in [6, 6.07) is 28.1. The SMILES string of the molecule is COc1c(COc2ccc(CNCCNC(C)=O)c(OCc3cccc(F)c3)c2)cccc1-c1ccccc1. The normalized spacial score (nSPS) is 10.6. The van der Waals surface area contributed by atoms with Crippen LogP contribution in [0.25, 0.3) is 11.1 Å². The molecule has 4 aromatic rings. The van der Waals surface area contributed by atoms with Crippen molar-refractivity contribution in [2.45, 2.75) is 26.7 Å². The maximum Gasteiger partial charge on any atom is 0.216 e. The Kier molecular flexibility index (Phi) is 9.92. The minimum atomic E-state index is -0.306. The van der Waals surface area contributed by atoms with Gasteiger partial charge in [-0.25, -0.2) is 4.39 Å². The van der Waals surface area contributed by atoms with Crippen LogP contribution in [-0.4, -0.2) is 26.1 Å². The first-order valence-corrected chi connectivity index (χ1v) is 12.8. The van der Waals surface area contributed by atoms with Gasteiger partial charge < -0.3 is 24.8 Å². The van der Waals surface area contributed by atoms with Crippen molar-refractivity contribution < 1.29 is 23.4 Å². The van der Waals surface area contributed by atoms with E-state index in [0.29, 0.717) is 37.7 Å². The molecule has 0 bridgehead atoms. The zero-order chi connectivity index (χ0) is 27.5. The van der Waals surface area contributed by atoms with E-state index in [9.17, 15) is 9.18 Å². The van der Waals surface area contributed by atoms with Gasteiger partial charge in [-0.05, 0) is 29.3 Å². The first-order chi connectivity index (χ1) is 19.0. The highest BCUT2D eigenvalue weighted by Gasteiger charge is 2.13. The van der Waals surface area contributed by atoms with E-state index in [0.717, 1.165) is 33.6 Å². The van der Waals surface area contributed by atoms with Crippen LogP contribution < -0.4 is 24.8 Å². The van der Waals surface area contributed by atoms with Crippen LogP contribution in [0.5, 0.6) is 17.2 Å². The molecule has 4 aromatic carbocycles. The van der Waals surface area contributed by atoms with Crippen molar-refractivity contribution in [1.82, 2.24) is 10.6 Å². The standard InChI is InChI=1S/C32H33FN2O4/c1-23(36)35-17-16-34-20-26-14-15-29(19-31(26)39-21-24-8-6-12-28(33)18-24)38-22-27-11-7-13-30(32(27)37-2)25-9-4-3-5-10-25/h3-15,18-19,34H,16-17,20-22H2,1-2H3,(H,35,36). The van der Waals surface area contributed by atoms with Crippen molar-refractivity contribution in [2.24, 2.45) is 0 Å². The molecule has 7 heteroatoms. The Bertz CT molecular complexity index is 1380. The van der Waals surface area contributed by atoms with Crippen LogP contribution in [0, 0.1) is 5.82 Å². The van der Waals surface area contributed by atoms with E-state index in [1.807, 2.05) is 72.8 Å². The van der Waals surface area contributed by atoms with E-state index < -0.39 is 0 Å². The molecular formula is C32H33FN2O4. The number of carbonyl (C=O) groups excluding carboxylic acids is 1. The summed E-state index contributed by atoms with van der Waals surface area (Å²) in [5.41, 5.74) is 4.64. The summed E-state index contributed by atoms with van der Waals surface area (Å²) in [5.74, 6) is 1.67. The second-order valence-corrected chi connectivity index (χ2v) is 9.00. The molecule has 4 rings (SSSR count). The summed E-state index contributed by atoms with van der Waals surface area (Å²) >= 11 is 0. The largest absolute Gasteiger partial charge is 0.496 e. The number of halogens is 1. The first-order valence-electron chi connectivity index (χ1n) is 12.8. The molecule has 0 aliphatic carbocycles. The van der Waals surface area contributed by atoms with Gasteiger partial charge in [0.2, 0.25) is 5.91 Å². The predicted octanol–water partition coefficient (Wildman–Crippen LogP) is 5.89. The number of hydrogen-bond acceptors (Lipinski definition) is 5. The Hall–Kier alpha value is -4.36. The van der Waals surface area contributed by atoms with Gasteiger partial charge in [0.15, 0.2) is 0 Å². The highest BCUT2D eigenvalue weighted by atomic mass is 19.1. The Morgan fingerprint density at radius 2 is 1.64 bits per heavy atom. The third-order valence-electron chi connectivity index (χ3n) is 6.09. The lowest BCUT2D eigenvalue weighted by molar-refractivity contribution is -0.118. The molecule has 0 unspecified atom stereocenters. The molecule has 0 aliphatic rings. The summed E-state index contributed by atoms with van der Waals surface area (Å²) in [7, 11) is 1.66. The third kappa shape index (κ3) is 8.06. The minimum Gasteiger partial charge on any atom is -0.496 e. The molecule has 0 aromatic heterocycles. The van der Waals surface area contributed by atoms with E-state index in [2.05, 4.69) is 10.6 Å². The highest BCUT2D eigenvalue weighted by molar-refractivity contribution is 5.73. The quantitative estimate of drug-likeness (QED) is 0.212. The summed E-state index contributed by atoms with van der Waals surface area (Å²) < 4.78 is 31.7. The van der Waals surface area contributed by atoms with Crippen LogP contribution in [-0.2, 0) is 24.6 Å². The van der Waals surface area contributed by atoms with Crippen LogP contribution in [0.4, 0.5) is 4.39 Å². The van der Waals surface area contributed by atoms with Gasteiger partial charge in [0.05, 0.1) is 7.11 Å². The molecule has 0 fully saturated rings. The number of rotatable bonds is 13. The molecule has 1 amide bonds. The molecule has 0 aliphatic heterocycles. The molecule has 0 heterocycles. The van der Waals surface area contributed by atoms with Crippen molar-refractivity contribution in [3.63, 3.8) is 0 Å². The average molecular weight is 529 g/mol. The smallest absolute Gasteiger partial charge is 0.216 e. The van der Waals surface area contributed by atoms with Crippen LogP contribution in [0.15, 0.2) is 91.0 Å². The molecule has 0 atom stereocenters. The number of carbonyl (C=O) groups is 1. The molecule has 202 valence electrons. The lowest BCUT2D eigenvalue weighted by Crippen LogP contribution is -2.30. The summed E-state index contributed by atoms with van der Waals surface area (Å²) in [6.45, 7) is 3.68. The van der Waals surface area contributed by atoms with Crippen molar-refractivity contribution in [3.8, 4) is 28.4 Å². The number of amides is 1. The monoisotopic (exact) mass is 528 g/mol.